The normalized spacial score (nSPS) is 21.8. The van der Waals surface area contributed by atoms with Gasteiger partial charge in [-0.15, -0.1) is 0 Å². The summed E-state index contributed by atoms with van der Waals surface area (Å²) in [5.74, 6) is 4.80. The lowest BCUT2D eigenvalue weighted by Crippen LogP contribution is -2.37. The van der Waals surface area contributed by atoms with E-state index in [0.29, 0.717) is 43.2 Å². The Morgan fingerprint density at radius 2 is 1.93 bits per heavy atom. The summed E-state index contributed by atoms with van der Waals surface area (Å²) >= 11 is 12.8. The van der Waals surface area contributed by atoms with Crippen LogP contribution in [-0.2, 0) is 6.42 Å². The van der Waals surface area contributed by atoms with Gasteiger partial charge in [0.25, 0.3) is 11.8 Å². The minimum Gasteiger partial charge on any atom is -0.371 e. The van der Waals surface area contributed by atoms with Gasteiger partial charge in [0.1, 0.15) is 0 Å². The SMILES string of the molecule is NN1C(=O)c2c(c3c4c([nH]c3c3c2=C2C=CC=C(Cl)C2N3)=C(Cl)C=CC4)C1=O. The lowest BCUT2D eigenvalue weighted by atomic mass is 9.93. The van der Waals surface area contributed by atoms with Crippen LogP contribution >= 0.6 is 23.2 Å². The van der Waals surface area contributed by atoms with Gasteiger partial charge in [0.2, 0.25) is 0 Å². The number of nitrogens with zero attached hydrogens (tertiary/aromatic N) is 1. The van der Waals surface area contributed by atoms with Crippen LogP contribution in [0, 0.1) is 0 Å². The molecular formula is C20H12Cl2N4O2. The van der Waals surface area contributed by atoms with Crippen LogP contribution in [0.3, 0.4) is 0 Å². The average Bonchev–Trinajstić information content (AvgIpc) is 3.31. The van der Waals surface area contributed by atoms with Gasteiger partial charge < -0.3 is 10.3 Å². The fourth-order valence-electron chi connectivity index (χ4n) is 4.57. The molecule has 0 saturated heterocycles. The van der Waals surface area contributed by atoms with Crippen LogP contribution in [0.4, 0.5) is 5.69 Å². The smallest absolute Gasteiger partial charge is 0.276 e. The number of hydrogen-bond acceptors (Lipinski definition) is 4. The first-order chi connectivity index (χ1) is 13.5. The summed E-state index contributed by atoms with van der Waals surface area (Å²) in [6.45, 7) is 0. The maximum atomic E-state index is 12.9. The molecule has 1 aromatic carbocycles. The number of carbonyl (C=O) groups excluding carboxylic acids is 2. The second-order valence-electron chi connectivity index (χ2n) is 7.11. The molecule has 4 N–H and O–H groups in total. The second kappa shape index (κ2) is 5.17. The van der Waals surface area contributed by atoms with Gasteiger partial charge in [-0.25, -0.2) is 10.9 Å². The average molecular weight is 411 g/mol. The number of anilines is 1. The third-order valence-corrected chi connectivity index (χ3v) is 6.40. The molecule has 0 bridgehead atoms. The summed E-state index contributed by atoms with van der Waals surface area (Å²) in [5.41, 5.74) is 3.85. The zero-order chi connectivity index (χ0) is 19.3. The molecule has 0 spiro atoms. The highest BCUT2D eigenvalue weighted by Gasteiger charge is 2.42. The largest absolute Gasteiger partial charge is 0.371 e. The van der Waals surface area contributed by atoms with Gasteiger partial charge in [0.15, 0.2) is 0 Å². The standard InChI is InChI=1S/C20H12Cl2N4O2/c21-9-5-1-3-7-11-13-14(20(28)26(23)19(13)27)12-8-4-2-6-10(22)16(8)25-18(12)17(11)24-15(7)9/h1-3,5-6,15,24-25H,4,23H2. The van der Waals surface area contributed by atoms with E-state index in [-0.39, 0.29) is 6.04 Å². The Morgan fingerprint density at radius 1 is 1.14 bits per heavy atom. The third kappa shape index (κ3) is 1.73. The number of H-pyrrole nitrogens is 1. The topological polar surface area (TPSA) is 91.2 Å². The van der Waals surface area contributed by atoms with E-state index in [0.717, 1.165) is 27.7 Å². The number of hydrazine groups is 1. The minimum atomic E-state index is -0.511. The second-order valence-corrected chi connectivity index (χ2v) is 7.95. The number of nitrogens with two attached hydrogens (primary N) is 1. The molecule has 1 unspecified atom stereocenters. The van der Waals surface area contributed by atoms with Crippen LogP contribution in [-0.4, -0.2) is 27.8 Å². The Balaban J connectivity index is 1.89. The zero-order valence-corrected chi connectivity index (χ0v) is 15.8. The van der Waals surface area contributed by atoms with E-state index < -0.39 is 11.8 Å². The van der Waals surface area contributed by atoms with Crippen molar-refractivity contribution in [3.05, 3.63) is 62.7 Å². The highest BCUT2D eigenvalue weighted by atomic mass is 35.5. The fraction of sp³-hybridized carbons (Fsp3) is 0.100. The highest BCUT2D eigenvalue weighted by molar-refractivity contribution is 6.47. The van der Waals surface area contributed by atoms with Crippen molar-refractivity contribution >= 4 is 62.2 Å². The Bertz CT molecular complexity index is 1390. The summed E-state index contributed by atoms with van der Waals surface area (Å²) in [4.78, 5) is 29.2. The molecule has 2 amide bonds. The molecule has 3 heterocycles. The molecule has 0 fully saturated rings. The maximum Gasteiger partial charge on any atom is 0.276 e. The van der Waals surface area contributed by atoms with Crippen molar-refractivity contribution < 1.29 is 9.59 Å². The van der Waals surface area contributed by atoms with Crippen molar-refractivity contribution in [1.29, 1.82) is 0 Å². The molecule has 2 aliphatic carbocycles. The van der Waals surface area contributed by atoms with E-state index in [9.17, 15) is 9.59 Å². The molecule has 6 rings (SSSR count). The lowest BCUT2D eigenvalue weighted by molar-refractivity contribution is 0.0654. The van der Waals surface area contributed by atoms with Gasteiger partial charge in [-0.05, 0) is 29.7 Å². The highest BCUT2D eigenvalue weighted by Crippen LogP contribution is 2.39. The first-order valence-corrected chi connectivity index (χ1v) is 9.49. The number of aromatic nitrogens is 1. The third-order valence-electron chi connectivity index (χ3n) is 5.74. The first kappa shape index (κ1) is 16.2. The number of hydrogen-bond donors (Lipinski definition) is 3. The molecule has 2 aromatic rings. The summed E-state index contributed by atoms with van der Waals surface area (Å²) in [7, 11) is 0. The minimum absolute atomic E-state index is 0.274. The van der Waals surface area contributed by atoms with E-state index in [4.69, 9.17) is 29.0 Å². The monoisotopic (exact) mass is 410 g/mol. The molecule has 4 aliphatic rings. The van der Waals surface area contributed by atoms with Crippen LogP contribution in [0.15, 0.2) is 35.4 Å². The number of halogens is 2. The number of allylic oxidation sites excluding steroid dienone is 4. The van der Waals surface area contributed by atoms with E-state index in [2.05, 4.69) is 10.3 Å². The van der Waals surface area contributed by atoms with Gasteiger partial charge >= 0.3 is 0 Å². The van der Waals surface area contributed by atoms with Crippen molar-refractivity contribution in [2.75, 3.05) is 5.32 Å². The Morgan fingerprint density at radius 3 is 2.75 bits per heavy atom. The molecular weight excluding hydrogens is 399 g/mol. The van der Waals surface area contributed by atoms with Crippen LogP contribution in [0.2, 0.25) is 0 Å². The van der Waals surface area contributed by atoms with Gasteiger partial charge in [0.05, 0.1) is 38.8 Å². The summed E-state index contributed by atoms with van der Waals surface area (Å²) in [6, 6.07) is -0.274. The fourth-order valence-corrected chi connectivity index (χ4v) is 5.07. The number of aromatic amines is 1. The molecule has 6 nitrogen and oxygen atoms in total. The number of imide groups is 1. The van der Waals surface area contributed by atoms with E-state index >= 15 is 0 Å². The van der Waals surface area contributed by atoms with Crippen LogP contribution in [0.25, 0.3) is 21.5 Å². The summed E-state index contributed by atoms with van der Waals surface area (Å²) in [5, 5.41) is 7.38. The van der Waals surface area contributed by atoms with Crippen LogP contribution in [0.5, 0.6) is 0 Å². The Kier molecular flexibility index (Phi) is 2.99. The van der Waals surface area contributed by atoms with Gasteiger partial charge in [0, 0.05) is 15.6 Å². The Hall–Kier alpha value is -2.80. The molecule has 0 saturated carbocycles. The number of amides is 2. The van der Waals surface area contributed by atoms with Crippen molar-refractivity contribution in [3.8, 4) is 0 Å². The molecule has 138 valence electrons. The quantitative estimate of drug-likeness (QED) is 0.350. The van der Waals surface area contributed by atoms with Crippen molar-refractivity contribution in [2.45, 2.75) is 12.5 Å². The molecule has 8 heteroatoms. The first-order valence-electron chi connectivity index (χ1n) is 8.74. The maximum absolute atomic E-state index is 12.9. The number of carbonyl (C=O) groups is 2. The van der Waals surface area contributed by atoms with Gasteiger partial charge in [-0.1, -0.05) is 41.4 Å². The molecule has 2 aliphatic heterocycles. The van der Waals surface area contributed by atoms with E-state index in [1.165, 1.54) is 0 Å². The summed E-state index contributed by atoms with van der Waals surface area (Å²) < 4.78 is 0. The molecule has 0 radical (unpaired) electrons. The predicted octanol–water partition coefficient (Wildman–Crippen LogP) is 1.73. The van der Waals surface area contributed by atoms with Crippen molar-refractivity contribution in [2.24, 2.45) is 5.84 Å². The Labute approximate surface area is 168 Å². The van der Waals surface area contributed by atoms with Crippen molar-refractivity contribution in [3.63, 3.8) is 0 Å². The van der Waals surface area contributed by atoms with E-state index in [1.807, 2.05) is 30.4 Å². The van der Waals surface area contributed by atoms with Crippen LogP contribution in [0.1, 0.15) is 26.3 Å². The number of fused-ring (bicyclic) bond motifs is 9. The summed E-state index contributed by atoms with van der Waals surface area (Å²) in [6.07, 6.45) is 9.90. The lowest BCUT2D eigenvalue weighted by Gasteiger charge is -2.16. The van der Waals surface area contributed by atoms with Gasteiger partial charge in [-0.2, -0.15) is 0 Å². The van der Waals surface area contributed by atoms with Gasteiger partial charge in [-0.3, -0.25) is 9.59 Å². The number of rotatable bonds is 0. The van der Waals surface area contributed by atoms with Crippen LogP contribution < -0.4 is 21.7 Å². The molecule has 1 aromatic heterocycles. The molecule has 1 atom stereocenters. The molecule has 28 heavy (non-hydrogen) atoms. The van der Waals surface area contributed by atoms with Crippen molar-refractivity contribution in [1.82, 2.24) is 9.99 Å². The van der Waals surface area contributed by atoms with E-state index in [1.54, 1.807) is 0 Å². The number of benzene rings is 1. The number of nitrogens with one attached hydrogen (secondary N) is 2. The zero-order valence-electron chi connectivity index (χ0n) is 14.3. The predicted molar refractivity (Wildman–Crippen MR) is 108 cm³/mol.